The lowest BCUT2D eigenvalue weighted by molar-refractivity contribution is -0.237. The number of rotatable bonds is 3. The Morgan fingerprint density at radius 1 is 1.86 bits per heavy atom. The fourth-order valence-corrected chi connectivity index (χ4v) is 0.174. The summed E-state index contributed by atoms with van der Waals surface area (Å²) in [7, 11) is 0. The molecule has 0 rings (SSSR count). The molecule has 0 heterocycles. The first-order chi connectivity index (χ1) is 3.31. The van der Waals surface area contributed by atoms with Gasteiger partial charge in [0.25, 0.3) is 0 Å². The van der Waals surface area contributed by atoms with E-state index in [0.717, 1.165) is 0 Å². The molecule has 1 N–H and O–H groups in total. The van der Waals surface area contributed by atoms with Gasteiger partial charge in [-0.1, -0.05) is 6.92 Å². The third-order valence-corrected chi connectivity index (χ3v) is 0.620. The lowest BCUT2D eigenvalue weighted by Crippen LogP contribution is -2.03. The molecule has 0 aromatic carbocycles. The van der Waals surface area contributed by atoms with Crippen LogP contribution in [0.3, 0.4) is 0 Å². The summed E-state index contributed by atoms with van der Waals surface area (Å²) in [6.07, 6.45) is 0.417. The van der Waals surface area contributed by atoms with Crippen molar-refractivity contribution in [1.82, 2.24) is 0 Å². The van der Waals surface area contributed by atoms with Gasteiger partial charge in [-0.3, -0.25) is 10.1 Å². The van der Waals surface area contributed by atoms with Crippen LogP contribution in [0.4, 0.5) is 0 Å². The number of hydrogen-bond donors (Lipinski definition) is 1. The van der Waals surface area contributed by atoms with Gasteiger partial charge in [-0.15, -0.1) is 0 Å². The van der Waals surface area contributed by atoms with Crippen LogP contribution in [0.5, 0.6) is 0 Å². The Morgan fingerprint density at radius 3 is 2.57 bits per heavy atom. The van der Waals surface area contributed by atoms with Gasteiger partial charge >= 0.3 is 0 Å². The van der Waals surface area contributed by atoms with Gasteiger partial charge in [0, 0.05) is 6.42 Å². The molecule has 3 heteroatoms. The van der Waals surface area contributed by atoms with E-state index >= 15 is 0 Å². The lowest BCUT2D eigenvalue weighted by atomic mass is 10.3. The van der Waals surface area contributed by atoms with E-state index in [9.17, 15) is 4.79 Å². The fourth-order valence-electron chi connectivity index (χ4n) is 0.174. The van der Waals surface area contributed by atoms with Crippen LogP contribution in [0.1, 0.15) is 13.3 Å². The molecule has 0 aliphatic heterocycles. The first kappa shape index (κ1) is 6.59. The molecule has 0 aromatic rings. The maximum Gasteiger partial charge on any atom is 0.161 e. The Bertz CT molecular complexity index is 60.0. The van der Waals surface area contributed by atoms with E-state index in [1.165, 1.54) is 0 Å². The highest BCUT2D eigenvalue weighted by Gasteiger charge is 1.93. The zero-order valence-electron chi connectivity index (χ0n) is 4.18. The van der Waals surface area contributed by atoms with Crippen LogP contribution in [0.15, 0.2) is 0 Å². The summed E-state index contributed by atoms with van der Waals surface area (Å²) < 4.78 is 0. The van der Waals surface area contributed by atoms with Crippen molar-refractivity contribution in [2.75, 3.05) is 6.61 Å². The average Bonchev–Trinajstić information content (AvgIpc) is 1.68. The quantitative estimate of drug-likeness (QED) is 0.418. The van der Waals surface area contributed by atoms with E-state index in [4.69, 9.17) is 5.26 Å². The van der Waals surface area contributed by atoms with Gasteiger partial charge in [0.2, 0.25) is 0 Å². The van der Waals surface area contributed by atoms with E-state index in [0.29, 0.717) is 6.42 Å². The lowest BCUT2D eigenvalue weighted by Gasteiger charge is -1.87. The SMILES string of the molecule is CCC(=O)COO. The Balaban J connectivity index is 3.00. The number of carbonyl (C=O) groups is 1. The summed E-state index contributed by atoms with van der Waals surface area (Å²) in [5.74, 6) is -0.0949. The molecule has 0 aromatic heterocycles. The number of carbonyl (C=O) groups excluding carboxylic acids is 1. The minimum absolute atomic E-state index is 0.0949. The van der Waals surface area contributed by atoms with Gasteiger partial charge in [-0.25, -0.2) is 4.89 Å². The molecule has 0 spiro atoms. The van der Waals surface area contributed by atoms with Crippen molar-refractivity contribution in [2.45, 2.75) is 13.3 Å². The van der Waals surface area contributed by atoms with Crippen molar-refractivity contribution in [3.63, 3.8) is 0 Å². The second-order valence-corrected chi connectivity index (χ2v) is 1.17. The molecule has 0 amide bonds. The van der Waals surface area contributed by atoms with Crippen LogP contribution in [0.25, 0.3) is 0 Å². The molecule has 0 radical (unpaired) electrons. The van der Waals surface area contributed by atoms with Crippen molar-refractivity contribution < 1.29 is 14.9 Å². The van der Waals surface area contributed by atoms with Gasteiger partial charge in [0.15, 0.2) is 5.78 Å². The molecule has 7 heavy (non-hydrogen) atoms. The highest BCUT2D eigenvalue weighted by molar-refractivity contribution is 5.79. The topological polar surface area (TPSA) is 46.5 Å². The summed E-state index contributed by atoms with van der Waals surface area (Å²) in [5, 5.41) is 7.65. The summed E-state index contributed by atoms with van der Waals surface area (Å²) >= 11 is 0. The third kappa shape index (κ3) is 3.42. The molecule has 0 saturated heterocycles. The molecule has 0 bridgehead atoms. The smallest absolute Gasteiger partial charge is 0.161 e. The highest BCUT2D eigenvalue weighted by Crippen LogP contribution is 1.78. The first-order valence-electron chi connectivity index (χ1n) is 2.09. The first-order valence-corrected chi connectivity index (χ1v) is 2.09. The average molecular weight is 104 g/mol. The van der Waals surface area contributed by atoms with Crippen LogP contribution in [-0.4, -0.2) is 17.6 Å². The van der Waals surface area contributed by atoms with E-state index in [2.05, 4.69) is 4.89 Å². The molecule has 0 aliphatic carbocycles. The molecule has 0 aliphatic rings. The summed E-state index contributed by atoms with van der Waals surface area (Å²) in [5.41, 5.74) is 0. The minimum atomic E-state index is -0.184. The number of ketones is 1. The zero-order chi connectivity index (χ0) is 5.70. The van der Waals surface area contributed by atoms with Crippen molar-refractivity contribution in [2.24, 2.45) is 0 Å². The van der Waals surface area contributed by atoms with Gasteiger partial charge in [0.05, 0.1) is 0 Å². The fraction of sp³-hybridized carbons (Fsp3) is 0.750. The van der Waals surface area contributed by atoms with Crippen LogP contribution in [0, 0.1) is 0 Å². The van der Waals surface area contributed by atoms with Crippen molar-refractivity contribution in [3.05, 3.63) is 0 Å². The molecule has 0 saturated carbocycles. The van der Waals surface area contributed by atoms with Gasteiger partial charge in [-0.2, -0.15) is 0 Å². The van der Waals surface area contributed by atoms with E-state index < -0.39 is 0 Å². The van der Waals surface area contributed by atoms with Crippen LogP contribution >= 0.6 is 0 Å². The second-order valence-electron chi connectivity index (χ2n) is 1.17. The van der Waals surface area contributed by atoms with E-state index in [1.807, 2.05) is 0 Å². The molecule has 0 unspecified atom stereocenters. The predicted molar refractivity (Wildman–Crippen MR) is 23.9 cm³/mol. The maximum absolute atomic E-state index is 10.1. The summed E-state index contributed by atoms with van der Waals surface area (Å²) in [6.45, 7) is 1.53. The van der Waals surface area contributed by atoms with Gasteiger partial charge in [-0.05, 0) is 0 Å². The Kier molecular flexibility index (Phi) is 3.55. The number of hydrogen-bond acceptors (Lipinski definition) is 3. The van der Waals surface area contributed by atoms with Gasteiger partial charge < -0.3 is 0 Å². The third-order valence-electron chi connectivity index (χ3n) is 0.620. The Morgan fingerprint density at radius 2 is 2.43 bits per heavy atom. The largest absolute Gasteiger partial charge is 0.297 e. The van der Waals surface area contributed by atoms with Crippen molar-refractivity contribution in [3.8, 4) is 0 Å². The zero-order valence-corrected chi connectivity index (χ0v) is 4.18. The molecule has 0 atom stereocenters. The normalized spacial score (nSPS) is 8.86. The monoisotopic (exact) mass is 104 g/mol. The van der Waals surface area contributed by atoms with Crippen LogP contribution in [-0.2, 0) is 9.68 Å². The molecular weight excluding hydrogens is 96.0 g/mol. The van der Waals surface area contributed by atoms with Gasteiger partial charge in [0.1, 0.15) is 6.61 Å². The minimum Gasteiger partial charge on any atom is -0.297 e. The van der Waals surface area contributed by atoms with Crippen molar-refractivity contribution in [1.29, 1.82) is 0 Å². The van der Waals surface area contributed by atoms with E-state index in [1.54, 1.807) is 6.92 Å². The van der Waals surface area contributed by atoms with Crippen LogP contribution in [0.2, 0.25) is 0 Å². The Hall–Kier alpha value is -0.410. The maximum atomic E-state index is 10.1. The Labute approximate surface area is 41.8 Å². The second kappa shape index (κ2) is 3.77. The molecule has 3 nitrogen and oxygen atoms in total. The van der Waals surface area contributed by atoms with Crippen LogP contribution < -0.4 is 0 Å². The summed E-state index contributed by atoms with van der Waals surface area (Å²) in [4.78, 5) is 13.7. The highest BCUT2D eigenvalue weighted by atomic mass is 17.1. The molecule has 42 valence electrons. The molecule has 0 fully saturated rings. The standard InChI is InChI=1S/C4H8O3/c1-2-4(5)3-7-6/h6H,2-3H2,1H3. The number of Topliss-reactive ketones (excluding diaryl/α,β-unsaturated/α-hetero) is 1. The summed E-state index contributed by atoms with van der Waals surface area (Å²) in [6, 6.07) is 0. The molecular formula is C4H8O3. The van der Waals surface area contributed by atoms with E-state index in [-0.39, 0.29) is 12.4 Å². The van der Waals surface area contributed by atoms with Crippen molar-refractivity contribution >= 4 is 5.78 Å². The predicted octanol–water partition coefficient (Wildman–Crippen LogP) is 0.455.